The van der Waals surface area contributed by atoms with Gasteiger partial charge in [0.2, 0.25) is 0 Å². The maximum Gasteiger partial charge on any atom is 0.253 e. The van der Waals surface area contributed by atoms with Crippen LogP contribution in [0.1, 0.15) is 34.5 Å². The van der Waals surface area contributed by atoms with E-state index in [4.69, 9.17) is 9.47 Å². The number of amides is 1. The molecule has 6 nitrogen and oxygen atoms in total. The van der Waals surface area contributed by atoms with E-state index in [0.717, 1.165) is 55.1 Å². The van der Waals surface area contributed by atoms with Gasteiger partial charge in [0.25, 0.3) is 5.91 Å². The number of carbonyl (C=O) groups excluding carboxylic acids is 1. The lowest BCUT2D eigenvalue weighted by molar-refractivity contribution is 0.0908. The van der Waals surface area contributed by atoms with Crippen molar-refractivity contribution in [3.8, 4) is 28.4 Å². The van der Waals surface area contributed by atoms with Crippen LogP contribution >= 0.6 is 0 Å². The third-order valence-electron chi connectivity index (χ3n) is 7.36. The standard InChI is InChI=1S/C32H35N3O3/c1-23-28(32(36)33-26-16-18-34(19-17-26)22-24-10-6-4-7-11-24)21-30(25-12-8-5-9-13-25)35(23)29-15-14-27(37-2)20-31(29)38-3/h4-15,20-21,26H,16-19,22H2,1-3H3,(H,33,36). The van der Waals surface area contributed by atoms with Crippen LogP contribution in [0.5, 0.6) is 11.5 Å². The van der Waals surface area contributed by atoms with Crippen LogP contribution in [0.3, 0.4) is 0 Å². The Kier molecular flexibility index (Phi) is 7.80. The molecule has 1 amide bonds. The van der Waals surface area contributed by atoms with Crippen LogP contribution in [-0.4, -0.2) is 48.7 Å². The zero-order chi connectivity index (χ0) is 26.5. The van der Waals surface area contributed by atoms with Gasteiger partial charge in [-0.25, -0.2) is 0 Å². The second-order valence-corrected chi connectivity index (χ2v) is 9.78. The molecule has 0 atom stereocenters. The number of hydrogen-bond donors (Lipinski definition) is 1. The fourth-order valence-electron chi connectivity index (χ4n) is 5.28. The summed E-state index contributed by atoms with van der Waals surface area (Å²) < 4.78 is 13.2. The average Bonchev–Trinajstić information content (AvgIpc) is 3.31. The quantitative estimate of drug-likeness (QED) is 0.323. The molecular weight excluding hydrogens is 474 g/mol. The van der Waals surface area contributed by atoms with E-state index in [1.165, 1.54) is 5.56 Å². The zero-order valence-electron chi connectivity index (χ0n) is 22.3. The molecule has 0 saturated carbocycles. The molecule has 0 spiro atoms. The molecule has 1 aliphatic rings. The number of rotatable bonds is 8. The Bertz CT molecular complexity index is 1370. The summed E-state index contributed by atoms with van der Waals surface area (Å²) in [5.74, 6) is 1.36. The Morgan fingerprint density at radius 1 is 0.895 bits per heavy atom. The topological polar surface area (TPSA) is 55.7 Å². The Morgan fingerprint density at radius 2 is 1.58 bits per heavy atom. The lowest BCUT2D eigenvalue weighted by atomic mass is 10.0. The SMILES string of the molecule is COc1ccc(-n2c(-c3ccccc3)cc(C(=O)NC3CCN(Cc4ccccc4)CC3)c2C)c(OC)c1. The largest absolute Gasteiger partial charge is 0.497 e. The molecule has 0 unspecified atom stereocenters. The second-order valence-electron chi connectivity index (χ2n) is 9.78. The number of nitrogens with zero attached hydrogens (tertiary/aromatic N) is 2. The molecule has 1 aliphatic heterocycles. The maximum atomic E-state index is 13.6. The molecule has 1 aromatic heterocycles. The molecule has 0 aliphatic carbocycles. The number of carbonyl (C=O) groups is 1. The molecule has 1 fully saturated rings. The van der Waals surface area contributed by atoms with Crippen LogP contribution in [0.2, 0.25) is 0 Å². The van der Waals surface area contributed by atoms with Gasteiger partial charge < -0.3 is 19.4 Å². The number of nitrogens with one attached hydrogen (secondary N) is 1. The van der Waals surface area contributed by atoms with Crippen molar-refractivity contribution in [3.63, 3.8) is 0 Å². The minimum Gasteiger partial charge on any atom is -0.497 e. The normalized spacial score (nSPS) is 14.3. The van der Waals surface area contributed by atoms with Crippen molar-refractivity contribution < 1.29 is 14.3 Å². The highest BCUT2D eigenvalue weighted by molar-refractivity contribution is 5.97. The summed E-state index contributed by atoms with van der Waals surface area (Å²) in [6, 6.07) is 28.6. The van der Waals surface area contributed by atoms with Gasteiger partial charge in [0.15, 0.2) is 0 Å². The minimum atomic E-state index is -0.0348. The molecule has 38 heavy (non-hydrogen) atoms. The number of benzene rings is 3. The first kappa shape index (κ1) is 25.6. The monoisotopic (exact) mass is 509 g/mol. The molecule has 1 N–H and O–H groups in total. The highest BCUT2D eigenvalue weighted by Crippen LogP contribution is 2.35. The summed E-state index contributed by atoms with van der Waals surface area (Å²) in [6.45, 7) is 4.89. The lowest BCUT2D eigenvalue weighted by Crippen LogP contribution is -2.44. The molecule has 3 aromatic carbocycles. The Hall–Kier alpha value is -4.03. The van der Waals surface area contributed by atoms with Crippen molar-refractivity contribution in [1.82, 2.24) is 14.8 Å². The molecular formula is C32H35N3O3. The van der Waals surface area contributed by atoms with E-state index in [1.807, 2.05) is 49.4 Å². The summed E-state index contributed by atoms with van der Waals surface area (Å²) in [5, 5.41) is 3.32. The Balaban J connectivity index is 1.38. The van der Waals surface area contributed by atoms with Gasteiger partial charge in [-0.15, -0.1) is 0 Å². The molecule has 6 heteroatoms. The predicted molar refractivity (Wildman–Crippen MR) is 151 cm³/mol. The number of hydrogen-bond acceptors (Lipinski definition) is 4. The number of ether oxygens (including phenoxy) is 2. The van der Waals surface area contributed by atoms with E-state index in [2.05, 4.69) is 57.2 Å². The summed E-state index contributed by atoms with van der Waals surface area (Å²) in [7, 11) is 3.29. The fourth-order valence-corrected chi connectivity index (χ4v) is 5.28. The molecule has 5 rings (SSSR count). The van der Waals surface area contributed by atoms with Crippen LogP contribution in [0.15, 0.2) is 84.9 Å². The van der Waals surface area contributed by atoms with E-state index in [9.17, 15) is 4.79 Å². The molecule has 0 bridgehead atoms. The summed E-state index contributed by atoms with van der Waals surface area (Å²) in [6.07, 6.45) is 1.88. The van der Waals surface area contributed by atoms with E-state index < -0.39 is 0 Å². The van der Waals surface area contributed by atoms with Gasteiger partial charge in [-0.2, -0.15) is 0 Å². The fraction of sp³-hybridized carbons (Fsp3) is 0.281. The van der Waals surface area contributed by atoms with Crippen LogP contribution < -0.4 is 14.8 Å². The van der Waals surface area contributed by atoms with Crippen molar-refractivity contribution in [2.75, 3.05) is 27.3 Å². The average molecular weight is 510 g/mol. The van der Waals surface area contributed by atoms with Gasteiger partial charge in [-0.1, -0.05) is 60.7 Å². The van der Waals surface area contributed by atoms with Gasteiger partial charge >= 0.3 is 0 Å². The van der Waals surface area contributed by atoms with E-state index >= 15 is 0 Å². The second kappa shape index (κ2) is 11.6. The maximum absolute atomic E-state index is 13.6. The number of piperidine rings is 1. The molecule has 0 radical (unpaired) electrons. The first-order chi connectivity index (χ1) is 18.6. The van der Waals surface area contributed by atoms with Gasteiger partial charge in [0.1, 0.15) is 11.5 Å². The minimum absolute atomic E-state index is 0.0348. The summed E-state index contributed by atoms with van der Waals surface area (Å²) in [5.41, 5.74) is 5.70. The zero-order valence-corrected chi connectivity index (χ0v) is 22.3. The number of methoxy groups -OCH3 is 2. The van der Waals surface area contributed by atoms with Crippen LogP contribution in [0.4, 0.5) is 0 Å². The first-order valence-electron chi connectivity index (χ1n) is 13.1. The smallest absolute Gasteiger partial charge is 0.253 e. The van der Waals surface area contributed by atoms with Crippen molar-refractivity contribution in [2.45, 2.75) is 32.4 Å². The van der Waals surface area contributed by atoms with Gasteiger partial charge in [-0.05, 0) is 49.1 Å². The van der Waals surface area contributed by atoms with Crippen LogP contribution in [0.25, 0.3) is 16.9 Å². The van der Waals surface area contributed by atoms with Crippen molar-refractivity contribution >= 4 is 5.91 Å². The van der Waals surface area contributed by atoms with Crippen LogP contribution in [0, 0.1) is 6.92 Å². The number of likely N-dealkylation sites (tertiary alicyclic amines) is 1. The first-order valence-corrected chi connectivity index (χ1v) is 13.1. The molecule has 196 valence electrons. The molecule has 1 saturated heterocycles. The Labute approximate surface area is 224 Å². The van der Waals surface area contributed by atoms with E-state index in [-0.39, 0.29) is 11.9 Å². The van der Waals surface area contributed by atoms with Gasteiger partial charge in [-0.3, -0.25) is 9.69 Å². The van der Waals surface area contributed by atoms with E-state index in [0.29, 0.717) is 17.1 Å². The lowest BCUT2D eigenvalue weighted by Gasteiger charge is -2.32. The van der Waals surface area contributed by atoms with Gasteiger partial charge in [0.05, 0.1) is 31.2 Å². The third kappa shape index (κ3) is 5.46. The molecule has 4 aromatic rings. The van der Waals surface area contributed by atoms with Crippen molar-refractivity contribution in [1.29, 1.82) is 0 Å². The highest BCUT2D eigenvalue weighted by Gasteiger charge is 2.25. The summed E-state index contributed by atoms with van der Waals surface area (Å²) >= 11 is 0. The Morgan fingerprint density at radius 3 is 2.24 bits per heavy atom. The van der Waals surface area contributed by atoms with Crippen LogP contribution in [-0.2, 0) is 6.54 Å². The predicted octanol–water partition coefficient (Wildman–Crippen LogP) is 5.86. The third-order valence-corrected chi connectivity index (χ3v) is 7.36. The van der Waals surface area contributed by atoms with Crippen molar-refractivity contribution in [2.24, 2.45) is 0 Å². The highest BCUT2D eigenvalue weighted by atomic mass is 16.5. The van der Waals surface area contributed by atoms with Crippen molar-refractivity contribution in [3.05, 3.63) is 102 Å². The molecule has 2 heterocycles. The van der Waals surface area contributed by atoms with E-state index in [1.54, 1.807) is 14.2 Å². The number of aromatic nitrogens is 1. The van der Waals surface area contributed by atoms with Gasteiger partial charge in [0, 0.05) is 37.4 Å². The summed E-state index contributed by atoms with van der Waals surface area (Å²) in [4.78, 5) is 16.1.